The van der Waals surface area contributed by atoms with Crippen molar-refractivity contribution >= 4 is 23.6 Å². The second-order valence-electron chi connectivity index (χ2n) is 4.73. The van der Waals surface area contributed by atoms with E-state index in [1.165, 1.54) is 0 Å². The number of hydrogen-bond donors (Lipinski definition) is 1. The molecule has 1 aliphatic carbocycles. The third-order valence-corrected chi connectivity index (χ3v) is 4.35. The predicted molar refractivity (Wildman–Crippen MR) is 68.8 cm³/mol. The van der Waals surface area contributed by atoms with E-state index in [9.17, 15) is 9.59 Å². The van der Waals surface area contributed by atoms with Crippen LogP contribution in [0.5, 0.6) is 0 Å². The summed E-state index contributed by atoms with van der Waals surface area (Å²) in [4.78, 5) is 25.8. The minimum atomic E-state index is -0.310. The van der Waals surface area contributed by atoms with Gasteiger partial charge in [-0.15, -0.1) is 0 Å². The summed E-state index contributed by atoms with van der Waals surface area (Å²) >= 11 is 1.81. The molecule has 0 radical (unpaired) electrons. The van der Waals surface area contributed by atoms with Gasteiger partial charge >= 0.3 is 0 Å². The lowest BCUT2D eigenvalue weighted by molar-refractivity contribution is -0.148. The first kappa shape index (κ1) is 12.7. The van der Waals surface area contributed by atoms with Crippen LogP contribution in [0.4, 0.5) is 0 Å². The van der Waals surface area contributed by atoms with Crippen molar-refractivity contribution in [3.63, 3.8) is 0 Å². The van der Waals surface area contributed by atoms with Crippen LogP contribution in [0.1, 0.15) is 26.7 Å². The SMILES string of the molecule is CCSCCN1C(=O)C(C2CC2)NC(=O)C1C. The molecule has 1 saturated carbocycles. The highest BCUT2D eigenvalue weighted by Gasteiger charge is 2.45. The van der Waals surface area contributed by atoms with E-state index in [0.717, 1.165) is 24.3 Å². The Hall–Kier alpha value is -0.710. The topological polar surface area (TPSA) is 49.4 Å². The van der Waals surface area contributed by atoms with Gasteiger partial charge in [0.1, 0.15) is 12.1 Å². The number of carbonyl (C=O) groups excluding carboxylic acids is 2. The van der Waals surface area contributed by atoms with Crippen molar-refractivity contribution in [3.05, 3.63) is 0 Å². The van der Waals surface area contributed by atoms with Crippen LogP contribution in [0.15, 0.2) is 0 Å². The van der Waals surface area contributed by atoms with Crippen LogP contribution < -0.4 is 5.32 Å². The molecular weight excluding hydrogens is 236 g/mol. The molecule has 1 aliphatic heterocycles. The van der Waals surface area contributed by atoms with Gasteiger partial charge in [-0.2, -0.15) is 11.8 Å². The molecule has 1 heterocycles. The molecule has 2 unspecified atom stereocenters. The lowest BCUT2D eigenvalue weighted by Crippen LogP contribution is -2.63. The zero-order valence-electron chi connectivity index (χ0n) is 10.4. The summed E-state index contributed by atoms with van der Waals surface area (Å²) in [6.45, 7) is 4.61. The molecule has 2 aliphatic rings. The quantitative estimate of drug-likeness (QED) is 0.742. The smallest absolute Gasteiger partial charge is 0.246 e. The number of nitrogens with one attached hydrogen (secondary N) is 1. The van der Waals surface area contributed by atoms with E-state index in [1.807, 2.05) is 6.92 Å². The summed E-state index contributed by atoms with van der Waals surface area (Å²) < 4.78 is 0. The van der Waals surface area contributed by atoms with Crippen LogP contribution in [0.3, 0.4) is 0 Å². The van der Waals surface area contributed by atoms with Crippen molar-refractivity contribution in [1.29, 1.82) is 0 Å². The molecule has 0 aromatic rings. The van der Waals surface area contributed by atoms with Crippen LogP contribution >= 0.6 is 11.8 Å². The highest BCUT2D eigenvalue weighted by Crippen LogP contribution is 2.35. The third kappa shape index (κ3) is 2.76. The van der Waals surface area contributed by atoms with Gasteiger partial charge in [-0.05, 0) is 31.4 Å². The first-order chi connectivity index (χ1) is 8.15. The van der Waals surface area contributed by atoms with Crippen molar-refractivity contribution in [2.24, 2.45) is 5.92 Å². The lowest BCUT2D eigenvalue weighted by atomic mass is 10.0. The maximum absolute atomic E-state index is 12.3. The van der Waals surface area contributed by atoms with E-state index in [0.29, 0.717) is 12.5 Å². The Morgan fingerprint density at radius 2 is 2.12 bits per heavy atom. The molecule has 5 heteroatoms. The van der Waals surface area contributed by atoms with Crippen LogP contribution in [-0.2, 0) is 9.59 Å². The van der Waals surface area contributed by atoms with Crippen LogP contribution in [0, 0.1) is 5.92 Å². The Morgan fingerprint density at radius 3 is 2.71 bits per heavy atom. The second kappa shape index (κ2) is 5.29. The number of carbonyl (C=O) groups is 2. The van der Waals surface area contributed by atoms with E-state index in [-0.39, 0.29) is 23.9 Å². The predicted octanol–water partition coefficient (Wildman–Crippen LogP) is 0.865. The van der Waals surface area contributed by atoms with Gasteiger partial charge in [-0.3, -0.25) is 9.59 Å². The van der Waals surface area contributed by atoms with Crippen LogP contribution in [0.25, 0.3) is 0 Å². The minimum Gasteiger partial charge on any atom is -0.342 e. The fraction of sp³-hybridized carbons (Fsp3) is 0.833. The molecule has 0 aromatic heterocycles. The standard InChI is InChI=1S/C12H20N2O2S/c1-3-17-7-6-14-8(2)11(15)13-10(12(14)16)9-4-5-9/h8-10H,3-7H2,1-2H3,(H,13,15). The van der Waals surface area contributed by atoms with Gasteiger partial charge in [0.05, 0.1) is 0 Å². The fourth-order valence-electron chi connectivity index (χ4n) is 2.21. The third-order valence-electron chi connectivity index (χ3n) is 3.47. The summed E-state index contributed by atoms with van der Waals surface area (Å²) in [7, 11) is 0. The van der Waals surface area contributed by atoms with E-state index in [2.05, 4.69) is 12.2 Å². The van der Waals surface area contributed by atoms with E-state index in [4.69, 9.17) is 0 Å². The molecule has 0 spiro atoms. The molecule has 2 amide bonds. The Bertz CT molecular complexity index is 318. The molecule has 96 valence electrons. The maximum Gasteiger partial charge on any atom is 0.246 e. The number of amides is 2. The Kier molecular flexibility index (Phi) is 3.97. The lowest BCUT2D eigenvalue weighted by Gasteiger charge is -2.37. The van der Waals surface area contributed by atoms with Crippen LogP contribution in [-0.4, -0.2) is 46.8 Å². The monoisotopic (exact) mass is 256 g/mol. The highest BCUT2D eigenvalue weighted by molar-refractivity contribution is 7.99. The average molecular weight is 256 g/mol. The van der Waals surface area contributed by atoms with Gasteiger partial charge < -0.3 is 10.2 Å². The number of rotatable bonds is 5. The molecule has 2 rings (SSSR count). The molecule has 17 heavy (non-hydrogen) atoms. The van der Waals surface area contributed by atoms with E-state index in [1.54, 1.807) is 16.7 Å². The average Bonchev–Trinajstić information content (AvgIpc) is 3.12. The van der Waals surface area contributed by atoms with E-state index >= 15 is 0 Å². The highest BCUT2D eigenvalue weighted by atomic mass is 32.2. The summed E-state index contributed by atoms with van der Waals surface area (Å²) in [6.07, 6.45) is 2.14. The first-order valence-corrected chi connectivity index (χ1v) is 7.49. The number of thioether (sulfide) groups is 1. The van der Waals surface area contributed by atoms with Crippen molar-refractivity contribution in [2.45, 2.75) is 38.8 Å². The largest absolute Gasteiger partial charge is 0.342 e. The Morgan fingerprint density at radius 1 is 1.41 bits per heavy atom. The zero-order valence-corrected chi connectivity index (χ0v) is 11.3. The summed E-state index contributed by atoms with van der Waals surface area (Å²) in [5.74, 6) is 2.48. The normalized spacial score (nSPS) is 29.4. The van der Waals surface area contributed by atoms with E-state index < -0.39 is 0 Å². The van der Waals surface area contributed by atoms with Gasteiger partial charge in [0.2, 0.25) is 11.8 Å². The van der Waals surface area contributed by atoms with Crippen molar-refractivity contribution in [3.8, 4) is 0 Å². The number of nitrogens with zero attached hydrogens (tertiary/aromatic N) is 1. The summed E-state index contributed by atoms with van der Waals surface area (Å²) in [5, 5.41) is 2.86. The van der Waals surface area contributed by atoms with Gasteiger partial charge in [0.15, 0.2) is 0 Å². The first-order valence-electron chi connectivity index (χ1n) is 6.33. The van der Waals surface area contributed by atoms with Gasteiger partial charge in [0, 0.05) is 12.3 Å². The van der Waals surface area contributed by atoms with Gasteiger partial charge in [0.25, 0.3) is 0 Å². The minimum absolute atomic E-state index is 0.00278. The van der Waals surface area contributed by atoms with Crippen molar-refractivity contribution in [1.82, 2.24) is 10.2 Å². The maximum atomic E-state index is 12.3. The van der Waals surface area contributed by atoms with Crippen molar-refractivity contribution in [2.75, 3.05) is 18.1 Å². The van der Waals surface area contributed by atoms with Gasteiger partial charge in [-0.25, -0.2) is 0 Å². The second-order valence-corrected chi connectivity index (χ2v) is 6.12. The van der Waals surface area contributed by atoms with Crippen LogP contribution in [0.2, 0.25) is 0 Å². The molecule has 1 N–H and O–H groups in total. The fourth-order valence-corrected chi connectivity index (χ4v) is 2.82. The summed E-state index contributed by atoms with van der Waals surface area (Å²) in [6, 6.07) is -0.555. The molecular formula is C12H20N2O2S. The van der Waals surface area contributed by atoms with Crippen molar-refractivity contribution < 1.29 is 9.59 Å². The Labute approximate surface area is 106 Å². The molecule has 0 bridgehead atoms. The molecule has 0 aromatic carbocycles. The number of piperazine rings is 1. The molecule has 2 fully saturated rings. The Balaban J connectivity index is 1.99. The number of hydrogen-bond acceptors (Lipinski definition) is 3. The summed E-state index contributed by atoms with van der Waals surface area (Å²) in [5.41, 5.74) is 0. The molecule has 1 saturated heterocycles. The molecule has 4 nitrogen and oxygen atoms in total. The zero-order chi connectivity index (χ0) is 12.4. The van der Waals surface area contributed by atoms with Gasteiger partial charge in [-0.1, -0.05) is 6.92 Å². The molecule has 2 atom stereocenters.